The van der Waals surface area contributed by atoms with Crippen molar-refractivity contribution in [3.05, 3.63) is 29.8 Å². The number of carbonyl (C=O) groups is 4. The fourth-order valence-corrected chi connectivity index (χ4v) is 2.99. The second kappa shape index (κ2) is 9.68. The number of nitrogens with one attached hydrogen (secondary N) is 3. The molecule has 32 heavy (non-hydrogen) atoms. The van der Waals surface area contributed by atoms with Crippen LogP contribution in [0.4, 0.5) is 5.69 Å². The minimum absolute atomic E-state index is 0.00543. The number of benzene rings is 1. The molecule has 2 aliphatic rings. The van der Waals surface area contributed by atoms with E-state index in [0.717, 1.165) is 0 Å². The Hall–Kier alpha value is -4.29. The summed E-state index contributed by atoms with van der Waals surface area (Å²) in [5.41, 5.74) is 6.90. The fraction of sp³-hybridized carbons (Fsp3) is 0.316. The third-order valence-corrected chi connectivity index (χ3v) is 4.63. The molecule has 0 unspecified atom stereocenters. The third kappa shape index (κ3) is 5.65. The zero-order chi connectivity index (χ0) is 23.3. The monoisotopic (exact) mass is 443 g/mol. The number of nitrogens with two attached hydrogens (primary N) is 1. The lowest BCUT2D eigenvalue weighted by atomic mass is 10.1. The van der Waals surface area contributed by atoms with Crippen molar-refractivity contribution in [1.29, 1.82) is 0 Å². The number of guanidine groups is 1. The molecule has 2 heterocycles. The minimum atomic E-state index is -1.31. The highest BCUT2D eigenvalue weighted by molar-refractivity contribution is 6.33. The average Bonchev–Trinajstić information content (AvgIpc) is 2.75. The number of aliphatic imine (C=N–C) groups is 3. The van der Waals surface area contributed by atoms with Crippen LogP contribution in [0, 0.1) is 0 Å². The molecule has 1 aromatic carbocycles. The average molecular weight is 443 g/mol. The second-order valence-electron chi connectivity index (χ2n) is 6.99. The predicted molar refractivity (Wildman–Crippen MR) is 114 cm³/mol. The third-order valence-electron chi connectivity index (χ3n) is 4.63. The Labute approximate surface area is 181 Å². The molecule has 0 fully saturated rings. The molecule has 0 saturated carbocycles. The van der Waals surface area contributed by atoms with Crippen molar-refractivity contribution >= 4 is 47.3 Å². The summed E-state index contributed by atoms with van der Waals surface area (Å²) >= 11 is 0. The summed E-state index contributed by atoms with van der Waals surface area (Å²) in [6, 6.07) is 4.13. The first-order valence-corrected chi connectivity index (χ1v) is 9.56. The van der Waals surface area contributed by atoms with Gasteiger partial charge in [0.2, 0.25) is 0 Å². The van der Waals surface area contributed by atoms with Crippen LogP contribution in [0.25, 0.3) is 0 Å². The van der Waals surface area contributed by atoms with Gasteiger partial charge in [-0.1, -0.05) is 0 Å². The van der Waals surface area contributed by atoms with E-state index in [1.807, 2.05) is 0 Å². The smallest absolute Gasteiger partial charge is 0.326 e. The van der Waals surface area contributed by atoms with Gasteiger partial charge in [0.1, 0.15) is 6.04 Å². The van der Waals surface area contributed by atoms with Gasteiger partial charge in [0.25, 0.3) is 11.8 Å². The van der Waals surface area contributed by atoms with Crippen LogP contribution < -0.4 is 21.7 Å². The molecule has 168 valence electrons. The molecule has 2 amide bonds. The first-order chi connectivity index (χ1) is 15.2. The summed E-state index contributed by atoms with van der Waals surface area (Å²) in [7, 11) is 0. The number of carbonyl (C=O) groups excluding carboxylic acids is 2. The Bertz CT molecular complexity index is 1020. The van der Waals surface area contributed by atoms with Gasteiger partial charge in [0.05, 0.1) is 12.3 Å². The van der Waals surface area contributed by atoms with Crippen molar-refractivity contribution in [2.24, 2.45) is 20.7 Å². The molecular weight excluding hydrogens is 422 g/mol. The van der Waals surface area contributed by atoms with Gasteiger partial charge in [-0.15, -0.1) is 0 Å². The fourth-order valence-electron chi connectivity index (χ4n) is 2.99. The van der Waals surface area contributed by atoms with Crippen LogP contribution in [-0.4, -0.2) is 76.6 Å². The van der Waals surface area contributed by atoms with Crippen molar-refractivity contribution < 1.29 is 29.4 Å². The molecule has 3 atom stereocenters. The van der Waals surface area contributed by atoms with Gasteiger partial charge in [0, 0.05) is 23.9 Å². The molecule has 0 radical (unpaired) electrons. The molecule has 3 rings (SSSR count). The van der Waals surface area contributed by atoms with E-state index >= 15 is 0 Å². The van der Waals surface area contributed by atoms with E-state index in [1.54, 1.807) is 12.1 Å². The van der Waals surface area contributed by atoms with Crippen LogP contribution >= 0.6 is 0 Å². The predicted octanol–water partition coefficient (Wildman–Crippen LogP) is -1.19. The number of carboxylic acids is 2. The molecule has 13 heteroatoms. The maximum atomic E-state index is 12.3. The van der Waals surface area contributed by atoms with E-state index in [1.165, 1.54) is 18.3 Å². The molecule has 7 N–H and O–H groups in total. The van der Waals surface area contributed by atoms with E-state index in [0.29, 0.717) is 11.4 Å². The van der Waals surface area contributed by atoms with E-state index in [4.69, 9.17) is 15.9 Å². The Balaban J connectivity index is 1.56. The topological polar surface area (TPSA) is 208 Å². The minimum Gasteiger partial charge on any atom is -0.481 e. The van der Waals surface area contributed by atoms with Gasteiger partial charge < -0.3 is 26.6 Å². The number of hydrogen-bond acceptors (Lipinski definition) is 9. The largest absolute Gasteiger partial charge is 0.481 e. The van der Waals surface area contributed by atoms with Crippen LogP contribution in [0.15, 0.2) is 39.2 Å². The zero-order valence-corrected chi connectivity index (χ0v) is 16.7. The number of amides is 2. The molecule has 2 aliphatic heterocycles. The number of rotatable bonds is 9. The summed E-state index contributed by atoms with van der Waals surface area (Å²) in [5, 5.41) is 25.6. The molecule has 13 nitrogen and oxygen atoms in total. The Kier molecular flexibility index (Phi) is 6.77. The van der Waals surface area contributed by atoms with Gasteiger partial charge in [-0.05, 0) is 30.7 Å². The van der Waals surface area contributed by atoms with Crippen molar-refractivity contribution in [3.8, 4) is 0 Å². The van der Waals surface area contributed by atoms with Crippen LogP contribution in [-0.2, 0) is 14.4 Å². The van der Waals surface area contributed by atoms with Gasteiger partial charge in [-0.2, -0.15) is 0 Å². The van der Waals surface area contributed by atoms with Gasteiger partial charge >= 0.3 is 11.9 Å². The van der Waals surface area contributed by atoms with E-state index in [-0.39, 0.29) is 36.8 Å². The van der Waals surface area contributed by atoms with Crippen molar-refractivity contribution in [2.75, 3.05) is 11.9 Å². The lowest BCUT2D eigenvalue weighted by Crippen LogP contribution is -2.52. The van der Waals surface area contributed by atoms with Crippen LogP contribution in [0.3, 0.4) is 0 Å². The number of anilines is 1. The molecule has 0 bridgehead atoms. The highest BCUT2D eigenvalue weighted by atomic mass is 16.4. The van der Waals surface area contributed by atoms with Crippen LogP contribution in [0.5, 0.6) is 0 Å². The molecule has 1 aromatic rings. The molecule has 0 saturated heterocycles. The number of aliphatic carboxylic acids is 2. The Morgan fingerprint density at radius 3 is 2.53 bits per heavy atom. The quantitative estimate of drug-likeness (QED) is 0.273. The number of carboxylic acid groups (broad SMARTS) is 2. The highest BCUT2D eigenvalue weighted by Gasteiger charge is 2.34. The van der Waals surface area contributed by atoms with E-state index in [9.17, 15) is 19.2 Å². The highest BCUT2D eigenvalue weighted by Crippen LogP contribution is 2.14. The normalized spacial score (nSPS) is 20.2. The summed E-state index contributed by atoms with van der Waals surface area (Å²) in [6.45, 7) is 0.265. The number of nitrogens with zero attached hydrogens (tertiary/aromatic N) is 3. The summed E-state index contributed by atoms with van der Waals surface area (Å²) in [4.78, 5) is 58.6. The maximum Gasteiger partial charge on any atom is 0.326 e. The van der Waals surface area contributed by atoms with Crippen molar-refractivity contribution in [1.82, 2.24) is 10.6 Å². The Morgan fingerprint density at radius 1 is 1.16 bits per heavy atom. The zero-order valence-electron chi connectivity index (χ0n) is 16.7. The summed E-state index contributed by atoms with van der Waals surface area (Å²) in [5.74, 6) is -3.46. The summed E-state index contributed by atoms with van der Waals surface area (Å²) < 4.78 is 0. The second-order valence-corrected chi connectivity index (χ2v) is 6.99. The lowest BCUT2D eigenvalue weighted by Gasteiger charge is -2.25. The van der Waals surface area contributed by atoms with E-state index < -0.39 is 36.1 Å². The first kappa shape index (κ1) is 22.4. The van der Waals surface area contributed by atoms with Crippen molar-refractivity contribution in [3.63, 3.8) is 0 Å². The van der Waals surface area contributed by atoms with Gasteiger partial charge in [0.15, 0.2) is 18.2 Å². The number of fused-ring (bicyclic) bond motifs is 1. The molecule has 0 aromatic heterocycles. The Morgan fingerprint density at radius 2 is 1.88 bits per heavy atom. The standard InChI is InChI=1S/C19H21N7O6/c20-19-25-15-14(17(30)26-19)23-11(8-22-15)7-21-10-3-1-9(2-4-10)16(29)24-12(18(31)32)5-6-13(27)28/h1-4,8,12,14-15,21H,5-7H2,(H,24,29)(H,27,28)(H,31,32)(H3,20,25,26,30)/t12-,14+,15+/m0/s1. The lowest BCUT2D eigenvalue weighted by molar-refractivity contribution is -0.140. The van der Waals surface area contributed by atoms with Crippen LogP contribution in [0.2, 0.25) is 0 Å². The number of hydrogen-bond donors (Lipinski definition) is 6. The SMILES string of the molecule is NC1=N[C@H]2N=CC(CNc3ccc(C(=O)N[C@@H](CCC(=O)O)C(=O)O)cc3)=N[C@H]2C(=O)N1. The van der Waals surface area contributed by atoms with Crippen molar-refractivity contribution in [2.45, 2.75) is 31.1 Å². The summed E-state index contributed by atoms with van der Waals surface area (Å²) in [6.07, 6.45) is 0.234. The first-order valence-electron chi connectivity index (χ1n) is 9.56. The van der Waals surface area contributed by atoms with Crippen LogP contribution in [0.1, 0.15) is 23.2 Å². The molecule has 0 aliphatic carbocycles. The molecule has 0 spiro atoms. The maximum absolute atomic E-state index is 12.3. The van der Waals surface area contributed by atoms with Gasteiger partial charge in [-0.3, -0.25) is 29.7 Å². The van der Waals surface area contributed by atoms with Gasteiger partial charge in [-0.25, -0.2) is 9.79 Å². The van der Waals surface area contributed by atoms with E-state index in [2.05, 4.69) is 30.9 Å². The molecular formula is C19H21N7O6.